The van der Waals surface area contributed by atoms with Crippen molar-refractivity contribution >= 4 is 0 Å². The SMILES string of the molecule is Cc1ccc(CCC[C@@H](C)CO)cc1. The van der Waals surface area contributed by atoms with Crippen LogP contribution in [0.25, 0.3) is 0 Å². The van der Waals surface area contributed by atoms with Crippen molar-refractivity contribution in [3.8, 4) is 0 Å². The summed E-state index contributed by atoms with van der Waals surface area (Å²) >= 11 is 0. The van der Waals surface area contributed by atoms with Gasteiger partial charge in [0.1, 0.15) is 0 Å². The number of hydrogen-bond donors (Lipinski definition) is 1. The van der Waals surface area contributed by atoms with Crippen LogP contribution in [0.2, 0.25) is 0 Å². The molecule has 0 radical (unpaired) electrons. The Balaban J connectivity index is 2.28. The molecule has 1 aromatic carbocycles. The largest absolute Gasteiger partial charge is 0.396 e. The standard InChI is InChI=1S/C13H20O/c1-11-6-8-13(9-7-11)5-3-4-12(2)10-14/h6-9,12,14H,3-5,10H2,1-2H3/t12-/m1/s1. The molecule has 0 saturated carbocycles. The summed E-state index contributed by atoms with van der Waals surface area (Å²) < 4.78 is 0. The third-order valence-corrected chi connectivity index (χ3v) is 2.59. The molecule has 0 saturated heterocycles. The number of aliphatic hydroxyl groups excluding tert-OH is 1. The average molecular weight is 192 g/mol. The Morgan fingerprint density at radius 3 is 2.43 bits per heavy atom. The van der Waals surface area contributed by atoms with Gasteiger partial charge in [0.05, 0.1) is 0 Å². The summed E-state index contributed by atoms with van der Waals surface area (Å²) in [5.41, 5.74) is 2.72. The molecular formula is C13H20O. The van der Waals surface area contributed by atoms with E-state index in [1.165, 1.54) is 17.5 Å². The minimum atomic E-state index is 0.313. The molecule has 1 N–H and O–H groups in total. The van der Waals surface area contributed by atoms with E-state index in [2.05, 4.69) is 38.1 Å². The van der Waals surface area contributed by atoms with Crippen LogP contribution in [0.1, 0.15) is 30.9 Å². The second-order valence-electron chi connectivity index (χ2n) is 4.17. The van der Waals surface area contributed by atoms with Crippen molar-refractivity contribution in [3.63, 3.8) is 0 Å². The van der Waals surface area contributed by atoms with E-state index in [1.54, 1.807) is 0 Å². The number of aryl methyl sites for hydroxylation is 2. The van der Waals surface area contributed by atoms with Gasteiger partial charge in [-0.25, -0.2) is 0 Å². The van der Waals surface area contributed by atoms with E-state index in [-0.39, 0.29) is 0 Å². The van der Waals surface area contributed by atoms with Crippen molar-refractivity contribution in [2.24, 2.45) is 5.92 Å². The molecule has 0 amide bonds. The first kappa shape index (κ1) is 11.3. The highest BCUT2D eigenvalue weighted by molar-refractivity contribution is 5.21. The first-order valence-electron chi connectivity index (χ1n) is 5.38. The van der Waals surface area contributed by atoms with Gasteiger partial charge in [-0.1, -0.05) is 36.8 Å². The van der Waals surface area contributed by atoms with Gasteiger partial charge in [0, 0.05) is 6.61 Å². The summed E-state index contributed by atoms with van der Waals surface area (Å²) in [4.78, 5) is 0. The zero-order chi connectivity index (χ0) is 10.4. The van der Waals surface area contributed by atoms with Gasteiger partial charge >= 0.3 is 0 Å². The third kappa shape index (κ3) is 3.93. The molecule has 0 aliphatic heterocycles. The van der Waals surface area contributed by atoms with Crippen molar-refractivity contribution < 1.29 is 5.11 Å². The first-order chi connectivity index (χ1) is 6.72. The highest BCUT2D eigenvalue weighted by atomic mass is 16.3. The number of rotatable bonds is 5. The Bertz CT molecular complexity index is 250. The van der Waals surface area contributed by atoms with E-state index >= 15 is 0 Å². The maximum Gasteiger partial charge on any atom is 0.0456 e. The van der Waals surface area contributed by atoms with Gasteiger partial charge < -0.3 is 5.11 Å². The summed E-state index contributed by atoms with van der Waals surface area (Å²) in [7, 11) is 0. The van der Waals surface area contributed by atoms with E-state index in [0.717, 1.165) is 12.8 Å². The summed E-state index contributed by atoms with van der Waals surface area (Å²) in [6.45, 7) is 4.51. The predicted molar refractivity (Wildman–Crippen MR) is 60.4 cm³/mol. The minimum absolute atomic E-state index is 0.313. The fraction of sp³-hybridized carbons (Fsp3) is 0.538. The fourth-order valence-electron chi connectivity index (χ4n) is 1.50. The Morgan fingerprint density at radius 1 is 1.21 bits per heavy atom. The molecule has 0 aliphatic rings. The molecule has 0 heterocycles. The van der Waals surface area contributed by atoms with Crippen LogP contribution >= 0.6 is 0 Å². The van der Waals surface area contributed by atoms with Crippen molar-refractivity contribution in [2.45, 2.75) is 33.1 Å². The van der Waals surface area contributed by atoms with Crippen molar-refractivity contribution in [2.75, 3.05) is 6.61 Å². The number of benzene rings is 1. The lowest BCUT2D eigenvalue weighted by atomic mass is 10.0. The fourth-order valence-corrected chi connectivity index (χ4v) is 1.50. The molecule has 0 bridgehead atoms. The Kier molecular flexibility index (Phi) is 4.68. The third-order valence-electron chi connectivity index (χ3n) is 2.59. The smallest absolute Gasteiger partial charge is 0.0456 e. The molecule has 1 aromatic rings. The van der Waals surface area contributed by atoms with Gasteiger partial charge in [0.25, 0.3) is 0 Å². The van der Waals surface area contributed by atoms with Crippen LogP contribution in [0.5, 0.6) is 0 Å². The summed E-state index contributed by atoms with van der Waals surface area (Å²) in [6, 6.07) is 8.70. The van der Waals surface area contributed by atoms with Gasteiger partial charge in [-0.3, -0.25) is 0 Å². The molecule has 0 spiro atoms. The predicted octanol–water partition coefficient (Wildman–Crippen LogP) is 2.95. The molecule has 0 aromatic heterocycles. The number of hydrogen-bond acceptors (Lipinski definition) is 1. The minimum Gasteiger partial charge on any atom is -0.396 e. The lowest BCUT2D eigenvalue weighted by Gasteiger charge is -2.07. The first-order valence-corrected chi connectivity index (χ1v) is 5.38. The van der Waals surface area contributed by atoms with Crippen LogP contribution in [-0.2, 0) is 6.42 Å². The van der Waals surface area contributed by atoms with Crippen LogP contribution in [0, 0.1) is 12.8 Å². The topological polar surface area (TPSA) is 20.2 Å². The van der Waals surface area contributed by atoms with Crippen LogP contribution in [-0.4, -0.2) is 11.7 Å². The summed E-state index contributed by atoms with van der Waals surface area (Å²) in [6.07, 6.45) is 3.42. The molecule has 14 heavy (non-hydrogen) atoms. The Labute approximate surface area is 86.8 Å². The quantitative estimate of drug-likeness (QED) is 0.760. The second kappa shape index (κ2) is 5.82. The molecule has 0 unspecified atom stereocenters. The van der Waals surface area contributed by atoms with Gasteiger partial charge in [0.2, 0.25) is 0 Å². The highest BCUT2D eigenvalue weighted by Crippen LogP contribution is 2.10. The van der Waals surface area contributed by atoms with Gasteiger partial charge in [-0.05, 0) is 37.7 Å². The summed E-state index contributed by atoms with van der Waals surface area (Å²) in [5.74, 6) is 0.445. The van der Waals surface area contributed by atoms with E-state index in [4.69, 9.17) is 5.11 Å². The van der Waals surface area contributed by atoms with Crippen LogP contribution in [0.4, 0.5) is 0 Å². The van der Waals surface area contributed by atoms with Crippen LogP contribution in [0.15, 0.2) is 24.3 Å². The highest BCUT2D eigenvalue weighted by Gasteiger charge is 1.99. The van der Waals surface area contributed by atoms with Crippen molar-refractivity contribution in [1.82, 2.24) is 0 Å². The normalized spacial score (nSPS) is 12.8. The zero-order valence-corrected chi connectivity index (χ0v) is 9.16. The Hall–Kier alpha value is -0.820. The molecule has 1 nitrogen and oxygen atoms in total. The molecule has 0 fully saturated rings. The van der Waals surface area contributed by atoms with E-state index in [0.29, 0.717) is 12.5 Å². The number of aliphatic hydroxyl groups is 1. The lowest BCUT2D eigenvalue weighted by Crippen LogP contribution is -2.00. The Morgan fingerprint density at radius 2 is 1.86 bits per heavy atom. The maximum atomic E-state index is 8.87. The molecule has 78 valence electrons. The van der Waals surface area contributed by atoms with Crippen LogP contribution in [0.3, 0.4) is 0 Å². The van der Waals surface area contributed by atoms with Crippen LogP contribution < -0.4 is 0 Å². The molecule has 1 atom stereocenters. The zero-order valence-electron chi connectivity index (χ0n) is 9.16. The van der Waals surface area contributed by atoms with E-state index in [9.17, 15) is 0 Å². The van der Waals surface area contributed by atoms with Gasteiger partial charge in [-0.2, -0.15) is 0 Å². The maximum absolute atomic E-state index is 8.87. The molecular weight excluding hydrogens is 172 g/mol. The van der Waals surface area contributed by atoms with E-state index in [1.807, 2.05) is 0 Å². The lowest BCUT2D eigenvalue weighted by molar-refractivity contribution is 0.228. The van der Waals surface area contributed by atoms with Gasteiger partial charge in [0.15, 0.2) is 0 Å². The van der Waals surface area contributed by atoms with E-state index < -0.39 is 0 Å². The van der Waals surface area contributed by atoms with Crippen molar-refractivity contribution in [3.05, 3.63) is 35.4 Å². The second-order valence-corrected chi connectivity index (χ2v) is 4.17. The van der Waals surface area contributed by atoms with Gasteiger partial charge in [-0.15, -0.1) is 0 Å². The monoisotopic (exact) mass is 192 g/mol. The molecule has 1 rings (SSSR count). The van der Waals surface area contributed by atoms with Crippen molar-refractivity contribution in [1.29, 1.82) is 0 Å². The molecule has 0 aliphatic carbocycles. The summed E-state index contributed by atoms with van der Waals surface area (Å²) in [5, 5.41) is 8.87. The average Bonchev–Trinajstić information content (AvgIpc) is 2.21. The molecule has 1 heteroatoms.